The minimum Gasteiger partial charge on any atom is -0.224 e. The molecule has 0 aliphatic heterocycles. The van der Waals surface area contributed by atoms with E-state index in [0.29, 0.717) is 10.3 Å². The predicted octanol–water partition coefficient (Wildman–Crippen LogP) is 3.75. The highest BCUT2D eigenvalue weighted by Crippen LogP contribution is 2.45. The summed E-state index contributed by atoms with van der Waals surface area (Å²) in [5.74, 6) is 1.11. The Balaban J connectivity index is 1.99. The van der Waals surface area contributed by atoms with Crippen LogP contribution in [0.15, 0.2) is 34.1 Å². The Morgan fingerprint density at radius 3 is 2.28 bits per heavy atom. The molecule has 2 rings (SSSR count). The molecule has 1 aliphatic carbocycles. The average molecular weight is 349 g/mol. The van der Waals surface area contributed by atoms with Crippen LogP contribution in [0.1, 0.15) is 19.3 Å². The van der Waals surface area contributed by atoms with Gasteiger partial charge >= 0.3 is 0 Å². The second-order valence-corrected chi connectivity index (χ2v) is 8.64. The van der Waals surface area contributed by atoms with Crippen LogP contribution in [0.5, 0.6) is 0 Å². The van der Waals surface area contributed by atoms with E-state index in [1.165, 1.54) is 25.5 Å². The van der Waals surface area contributed by atoms with Crippen LogP contribution in [0.4, 0.5) is 0 Å². The van der Waals surface area contributed by atoms with E-state index in [4.69, 9.17) is 0 Å². The molecule has 0 spiro atoms. The van der Waals surface area contributed by atoms with Crippen LogP contribution in [-0.2, 0) is 9.84 Å². The molecule has 1 fully saturated rings. The summed E-state index contributed by atoms with van der Waals surface area (Å²) >= 11 is 5.42. The minimum absolute atomic E-state index is 0.394. The van der Waals surface area contributed by atoms with Gasteiger partial charge in [-0.1, -0.05) is 22.4 Å². The van der Waals surface area contributed by atoms with Gasteiger partial charge in [-0.25, -0.2) is 8.42 Å². The third-order valence-corrected chi connectivity index (χ3v) is 7.17. The highest BCUT2D eigenvalue weighted by Gasteiger charge is 2.35. The molecule has 0 atom stereocenters. The molecule has 0 heterocycles. The van der Waals surface area contributed by atoms with Gasteiger partial charge in [0.1, 0.15) is 0 Å². The minimum atomic E-state index is -3.08. The monoisotopic (exact) mass is 348 g/mol. The van der Waals surface area contributed by atoms with E-state index in [0.717, 1.165) is 16.0 Å². The van der Waals surface area contributed by atoms with Crippen molar-refractivity contribution in [3.05, 3.63) is 24.3 Å². The third kappa shape index (κ3) is 3.31. The standard InChI is InChI=1S/C13H17BrO2S2/c1-18(15,16)12-5-3-11(4-6-12)17-10-13(9-14)7-2-8-13/h3-6H,2,7-10H2,1H3. The molecule has 2 nitrogen and oxygen atoms in total. The fraction of sp³-hybridized carbons (Fsp3) is 0.538. The maximum atomic E-state index is 11.4. The van der Waals surface area contributed by atoms with Crippen molar-refractivity contribution in [1.29, 1.82) is 0 Å². The first-order chi connectivity index (χ1) is 8.45. The van der Waals surface area contributed by atoms with Crippen molar-refractivity contribution >= 4 is 37.5 Å². The van der Waals surface area contributed by atoms with E-state index >= 15 is 0 Å². The number of hydrogen-bond acceptors (Lipinski definition) is 3. The molecular formula is C13H17BrO2S2. The van der Waals surface area contributed by atoms with Gasteiger partial charge in [0.15, 0.2) is 9.84 Å². The van der Waals surface area contributed by atoms with Crippen molar-refractivity contribution in [3.63, 3.8) is 0 Å². The Morgan fingerprint density at radius 2 is 1.89 bits per heavy atom. The Labute approximate surface area is 122 Å². The SMILES string of the molecule is CS(=O)(=O)c1ccc(SCC2(CBr)CCC2)cc1. The van der Waals surface area contributed by atoms with Gasteiger partial charge in [0.25, 0.3) is 0 Å². The van der Waals surface area contributed by atoms with Crippen molar-refractivity contribution in [2.24, 2.45) is 5.41 Å². The highest BCUT2D eigenvalue weighted by atomic mass is 79.9. The average Bonchev–Trinajstić information content (AvgIpc) is 2.28. The maximum absolute atomic E-state index is 11.4. The van der Waals surface area contributed by atoms with E-state index in [1.807, 2.05) is 23.9 Å². The van der Waals surface area contributed by atoms with E-state index in [-0.39, 0.29) is 0 Å². The van der Waals surface area contributed by atoms with Crippen molar-refractivity contribution < 1.29 is 8.42 Å². The fourth-order valence-electron chi connectivity index (χ4n) is 2.01. The fourth-order valence-corrected chi connectivity index (χ4v) is 4.86. The van der Waals surface area contributed by atoms with Crippen molar-refractivity contribution in [2.45, 2.75) is 29.1 Å². The molecule has 1 aromatic carbocycles. The lowest BCUT2D eigenvalue weighted by Gasteiger charge is -2.40. The first-order valence-corrected chi connectivity index (χ1v) is 9.94. The molecule has 18 heavy (non-hydrogen) atoms. The third-order valence-electron chi connectivity index (χ3n) is 3.49. The zero-order valence-corrected chi connectivity index (χ0v) is 13.6. The van der Waals surface area contributed by atoms with Gasteiger partial charge in [0.05, 0.1) is 4.90 Å². The van der Waals surface area contributed by atoms with Crippen LogP contribution in [-0.4, -0.2) is 25.8 Å². The van der Waals surface area contributed by atoms with Crippen molar-refractivity contribution in [1.82, 2.24) is 0 Å². The topological polar surface area (TPSA) is 34.1 Å². The smallest absolute Gasteiger partial charge is 0.175 e. The van der Waals surface area contributed by atoms with E-state index in [9.17, 15) is 8.42 Å². The number of benzene rings is 1. The summed E-state index contributed by atoms with van der Waals surface area (Å²) in [5, 5.41) is 1.06. The lowest BCUT2D eigenvalue weighted by Crippen LogP contribution is -2.33. The number of alkyl halides is 1. The number of hydrogen-bond donors (Lipinski definition) is 0. The number of halogens is 1. The first kappa shape index (κ1) is 14.4. The molecule has 0 unspecified atom stereocenters. The Kier molecular flexibility index (Phi) is 4.44. The highest BCUT2D eigenvalue weighted by molar-refractivity contribution is 9.09. The maximum Gasteiger partial charge on any atom is 0.175 e. The van der Waals surface area contributed by atoms with Crippen molar-refractivity contribution in [2.75, 3.05) is 17.3 Å². The zero-order valence-electron chi connectivity index (χ0n) is 10.4. The van der Waals surface area contributed by atoms with Gasteiger partial charge in [-0.05, 0) is 42.5 Å². The molecule has 0 aromatic heterocycles. The largest absolute Gasteiger partial charge is 0.224 e. The molecule has 5 heteroatoms. The zero-order chi connectivity index (χ0) is 13.2. The van der Waals surface area contributed by atoms with E-state index < -0.39 is 9.84 Å². The number of thioether (sulfide) groups is 1. The van der Waals surface area contributed by atoms with Gasteiger partial charge in [-0.2, -0.15) is 0 Å². The quantitative estimate of drug-likeness (QED) is 0.600. The molecule has 1 aromatic rings. The summed E-state index contributed by atoms with van der Waals surface area (Å²) in [6.45, 7) is 0. The summed E-state index contributed by atoms with van der Waals surface area (Å²) in [4.78, 5) is 1.54. The van der Waals surface area contributed by atoms with Crippen LogP contribution in [0.25, 0.3) is 0 Å². The molecule has 0 amide bonds. The predicted molar refractivity (Wildman–Crippen MR) is 80.4 cm³/mol. The summed E-state index contributed by atoms with van der Waals surface area (Å²) in [6, 6.07) is 7.20. The summed E-state index contributed by atoms with van der Waals surface area (Å²) in [5.41, 5.74) is 0.459. The lowest BCUT2D eigenvalue weighted by atomic mass is 9.72. The Hall–Kier alpha value is -0.000000000000000111. The summed E-state index contributed by atoms with van der Waals surface area (Å²) < 4.78 is 22.7. The van der Waals surface area contributed by atoms with Crippen LogP contribution in [0.3, 0.4) is 0 Å². The molecule has 0 N–H and O–H groups in total. The molecule has 100 valence electrons. The van der Waals surface area contributed by atoms with Crippen LogP contribution >= 0.6 is 27.7 Å². The van der Waals surface area contributed by atoms with Gasteiger partial charge in [0, 0.05) is 22.2 Å². The van der Waals surface area contributed by atoms with Crippen LogP contribution < -0.4 is 0 Å². The molecule has 1 aliphatic rings. The molecule has 0 bridgehead atoms. The Morgan fingerprint density at radius 1 is 1.28 bits per heavy atom. The van der Waals surface area contributed by atoms with Crippen LogP contribution in [0, 0.1) is 5.41 Å². The second-order valence-electron chi connectivity index (χ2n) is 5.02. The van der Waals surface area contributed by atoms with E-state index in [1.54, 1.807) is 12.1 Å². The normalized spacial score (nSPS) is 18.3. The van der Waals surface area contributed by atoms with E-state index in [2.05, 4.69) is 15.9 Å². The van der Waals surface area contributed by atoms with Gasteiger partial charge in [-0.3, -0.25) is 0 Å². The number of sulfone groups is 1. The van der Waals surface area contributed by atoms with Gasteiger partial charge < -0.3 is 0 Å². The summed E-state index contributed by atoms with van der Waals surface area (Å²) in [6.07, 6.45) is 5.17. The van der Waals surface area contributed by atoms with Gasteiger partial charge in [-0.15, -0.1) is 11.8 Å². The molecule has 1 saturated carbocycles. The first-order valence-electron chi connectivity index (χ1n) is 5.94. The molecular weight excluding hydrogens is 332 g/mol. The second kappa shape index (κ2) is 5.55. The Bertz CT molecular complexity index is 499. The molecule has 0 radical (unpaired) electrons. The lowest BCUT2D eigenvalue weighted by molar-refractivity contribution is 0.206. The van der Waals surface area contributed by atoms with Crippen molar-refractivity contribution in [3.8, 4) is 0 Å². The summed E-state index contributed by atoms with van der Waals surface area (Å²) in [7, 11) is -3.08. The molecule has 0 saturated heterocycles. The van der Waals surface area contributed by atoms with Crippen LogP contribution in [0.2, 0.25) is 0 Å². The van der Waals surface area contributed by atoms with Gasteiger partial charge in [0.2, 0.25) is 0 Å². The number of rotatable bonds is 5.